The zero-order valence-corrected chi connectivity index (χ0v) is 12.4. The highest BCUT2D eigenvalue weighted by Crippen LogP contribution is 2.27. The topological polar surface area (TPSA) is 75.4 Å². The van der Waals surface area contributed by atoms with Crippen molar-refractivity contribution in [3.63, 3.8) is 0 Å². The normalized spacial score (nSPS) is 27.8. The summed E-state index contributed by atoms with van der Waals surface area (Å²) in [6, 6.07) is 8.98. The fraction of sp³-hybridized carbons (Fsp3) is 0.412. The van der Waals surface area contributed by atoms with E-state index in [-0.39, 0.29) is 23.8 Å². The smallest absolute Gasteiger partial charge is 0.247 e. The quantitative estimate of drug-likeness (QED) is 0.817. The standard InChI is InChI=1S/C17H21N3O2/c18-14-7-6-12(10-14)11-15(21)20-9-8-19-17(22)16(20)13-4-2-1-3-5-13/h1-7,12,14,16H,8-11,18H2,(H,19,22)/t12-,14+,16?/m0/s1. The van der Waals surface area contributed by atoms with Crippen molar-refractivity contribution in [1.82, 2.24) is 10.2 Å². The van der Waals surface area contributed by atoms with Gasteiger partial charge in [0.2, 0.25) is 11.8 Å². The molecule has 5 heteroatoms. The SMILES string of the molecule is N[C@@H]1C=C[C@H](CC(=O)N2CCNC(=O)C2c2ccccc2)C1. The van der Waals surface area contributed by atoms with E-state index >= 15 is 0 Å². The number of piperazine rings is 1. The van der Waals surface area contributed by atoms with E-state index in [4.69, 9.17) is 5.73 Å². The van der Waals surface area contributed by atoms with Crippen molar-refractivity contribution in [3.05, 3.63) is 48.0 Å². The Balaban J connectivity index is 1.76. The van der Waals surface area contributed by atoms with Crippen LogP contribution in [0.4, 0.5) is 0 Å². The molecule has 0 saturated carbocycles. The first kappa shape index (κ1) is 14.8. The van der Waals surface area contributed by atoms with Gasteiger partial charge in [-0.05, 0) is 17.9 Å². The van der Waals surface area contributed by atoms with Gasteiger partial charge in [-0.2, -0.15) is 0 Å². The monoisotopic (exact) mass is 299 g/mol. The molecule has 3 atom stereocenters. The summed E-state index contributed by atoms with van der Waals surface area (Å²) in [5.74, 6) is 0.0980. The Bertz CT molecular complexity index is 585. The Morgan fingerprint density at radius 2 is 2.05 bits per heavy atom. The van der Waals surface area contributed by atoms with Crippen molar-refractivity contribution < 1.29 is 9.59 Å². The van der Waals surface area contributed by atoms with Gasteiger partial charge < -0.3 is 16.0 Å². The highest BCUT2D eigenvalue weighted by molar-refractivity contribution is 5.90. The van der Waals surface area contributed by atoms with Gasteiger partial charge in [0, 0.05) is 25.6 Å². The number of allylic oxidation sites excluding steroid dienone is 1. The lowest BCUT2D eigenvalue weighted by atomic mass is 9.99. The number of nitrogens with two attached hydrogens (primary N) is 1. The van der Waals surface area contributed by atoms with E-state index in [9.17, 15) is 9.59 Å². The van der Waals surface area contributed by atoms with Gasteiger partial charge in [0.15, 0.2) is 0 Å². The van der Waals surface area contributed by atoms with Crippen LogP contribution in [-0.2, 0) is 9.59 Å². The van der Waals surface area contributed by atoms with Crippen molar-refractivity contribution >= 4 is 11.8 Å². The van der Waals surface area contributed by atoms with Gasteiger partial charge in [0.1, 0.15) is 6.04 Å². The van der Waals surface area contributed by atoms with E-state index in [0.717, 1.165) is 12.0 Å². The molecule has 1 aliphatic heterocycles. The van der Waals surface area contributed by atoms with Crippen molar-refractivity contribution in [1.29, 1.82) is 0 Å². The lowest BCUT2D eigenvalue weighted by Crippen LogP contribution is -2.52. The lowest BCUT2D eigenvalue weighted by Gasteiger charge is -2.35. The molecule has 1 aliphatic carbocycles. The van der Waals surface area contributed by atoms with Crippen LogP contribution >= 0.6 is 0 Å². The second kappa shape index (κ2) is 6.32. The van der Waals surface area contributed by atoms with Crippen LogP contribution in [0.5, 0.6) is 0 Å². The van der Waals surface area contributed by atoms with Gasteiger partial charge in [0.25, 0.3) is 0 Å². The molecular formula is C17H21N3O2. The van der Waals surface area contributed by atoms with Crippen LogP contribution in [0.2, 0.25) is 0 Å². The Kier molecular flexibility index (Phi) is 4.24. The van der Waals surface area contributed by atoms with E-state index in [0.29, 0.717) is 19.5 Å². The summed E-state index contributed by atoms with van der Waals surface area (Å²) < 4.78 is 0. The maximum absolute atomic E-state index is 12.7. The van der Waals surface area contributed by atoms with E-state index in [1.165, 1.54) is 0 Å². The Morgan fingerprint density at radius 1 is 1.27 bits per heavy atom. The van der Waals surface area contributed by atoms with Gasteiger partial charge in [0.05, 0.1) is 0 Å². The van der Waals surface area contributed by atoms with Crippen molar-refractivity contribution in [2.24, 2.45) is 11.7 Å². The number of amides is 2. The van der Waals surface area contributed by atoms with Gasteiger partial charge in [-0.25, -0.2) is 0 Å². The fourth-order valence-electron chi connectivity index (χ4n) is 3.20. The maximum Gasteiger partial charge on any atom is 0.247 e. The Labute approximate surface area is 130 Å². The minimum Gasteiger partial charge on any atom is -0.352 e. The summed E-state index contributed by atoms with van der Waals surface area (Å²) in [5.41, 5.74) is 6.70. The first-order valence-corrected chi connectivity index (χ1v) is 7.71. The second-order valence-electron chi connectivity index (χ2n) is 5.94. The first-order chi connectivity index (χ1) is 10.6. The number of rotatable bonds is 3. The Morgan fingerprint density at radius 3 is 2.73 bits per heavy atom. The summed E-state index contributed by atoms with van der Waals surface area (Å²) in [5, 5.41) is 2.85. The summed E-state index contributed by atoms with van der Waals surface area (Å²) in [4.78, 5) is 26.6. The van der Waals surface area contributed by atoms with Crippen LogP contribution in [0.1, 0.15) is 24.4 Å². The van der Waals surface area contributed by atoms with Crippen LogP contribution in [-0.4, -0.2) is 35.8 Å². The minimum absolute atomic E-state index is 0.0208. The molecule has 1 fully saturated rings. The molecule has 1 aromatic carbocycles. The lowest BCUT2D eigenvalue weighted by molar-refractivity contribution is -0.144. The number of hydrogen-bond donors (Lipinski definition) is 2. The van der Waals surface area contributed by atoms with Crippen LogP contribution < -0.4 is 11.1 Å². The van der Waals surface area contributed by atoms with E-state index < -0.39 is 6.04 Å². The molecule has 0 spiro atoms. The molecule has 2 aliphatic rings. The summed E-state index contributed by atoms with van der Waals surface area (Å²) in [6.07, 6.45) is 5.20. The third-order valence-corrected chi connectivity index (χ3v) is 4.29. The molecule has 5 nitrogen and oxygen atoms in total. The van der Waals surface area contributed by atoms with E-state index in [2.05, 4.69) is 5.32 Å². The molecule has 0 aromatic heterocycles. The molecule has 22 heavy (non-hydrogen) atoms. The number of nitrogens with one attached hydrogen (secondary N) is 1. The van der Waals surface area contributed by atoms with Gasteiger partial charge in [-0.1, -0.05) is 42.5 Å². The van der Waals surface area contributed by atoms with Gasteiger partial charge in [-0.15, -0.1) is 0 Å². The summed E-state index contributed by atoms with van der Waals surface area (Å²) in [6.45, 7) is 1.06. The predicted molar refractivity (Wildman–Crippen MR) is 83.7 cm³/mol. The van der Waals surface area contributed by atoms with Crippen LogP contribution in [0, 0.1) is 5.92 Å². The van der Waals surface area contributed by atoms with Gasteiger partial charge in [-0.3, -0.25) is 9.59 Å². The average Bonchev–Trinajstić information content (AvgIpc) is 2.93. The van der Waals surface area contributed by atoms with Gasteiger partial charge >= 0.3 is 0 Å². The first-order valence-electron chi connectivity index (χ1n) is 7.71. The third kappa shape index (κ3) is 3.04. The number of nitrogens with zero attached hydrogens (tertiary/aromatic N) is 1. The second-order valence-corrected chi connectivity index (χ2v) is 5.94. The molecule has 1 aromatic rings. The van der Waals surface area contributed by atoms with Crippen LogP contribution in [0.3, 0.4) is 0 Å². The molecule has 0 radical (unpaired) electrons. The summed E-state index contributed by atoms with van der Waals surface area (Å²) >= 11 is 0. The molecule has 1 heterocycles. The average molecular weight is 299 g/mol. The van der Waals surface area contributed by atoms with Crippen molar-refractivity contribution in [2.45, 2.75) is 24.9 Å². The number of carbonyl (C=O) groups excluding carboxylic acids is 2. The summed E-state index contributed by atoms with van der Waals surface area (Å²) in [7, 11) is 0. The highest BCUT2D eigenvalue weighted by atomic mass is 16.2. The molecule has 3 rings (SSSR count). The number of carbonyl (C=O) groups is 2. The van der Waals surface area contributed by atoms with Crippen LogP contribution in [0.15, 0.2) is 42.5 Å². The van der Waals surface area contributed by atoms with Crippen LogP contribution in [0.25, 0.3) is 0 Å². The van der Waals surface area contributed by atoms with E-state index in [1.54, 1.807) is 4.90 Å². The predicted octanol–water partition coefficient (Wildman–Crippen LogP) is 0.980. The molecule has 0 bridgehead atoms. The van der Waals surface area contributed by atoms with Crippen molar-refractivity contribution in [3.8, 4) is 0 Å². The Hall–Kier alpha value is -2.14. The molecule has 3 N–H and O–H groups in total. The molecule has 1 unspecified atom stereocenters. The van der Waals surface area contributed by atoms with Crippen molar-refractivity contribution in [2.75, 3.05) is 13.1 Å². The fourth-order valence-corrected chi connectivity index (χ4v) is 3.20. The largest absolute Gasteiger partial charge is 0.352 e. The van der Waals surface area contributed by atoms with E-state index in [1.807, 2.05) is 42.5 Å². The minimum atomic E-state index is -0.526. The zero-order valence-electron chi connectivity index (χ0n) is 12.4. The molecule has 2 amide bonds. The number of benzene rings is 1. The highest BCUT2D eigenvalue weighted by Gasteiger charge is 2.35. The zero-order chi connectivity index (χ0) is 15.5. The molecule has 116 valence electrons. The molecule has 1 saturated heterocycles. The maximum atomic E-state index is 12.7. The molecular weight excluding hydrogens is 278 g/mol. The number of hydrogen-bond acceptors (Lipinski definition) is 3. The third-order valence-electron chi connectivity index (χ3n) is 4.29.